The predicted octanol–water partition coefficient (Wildman–Crippen LogP) is 2.18. The van der Waals surface area contributed by atoms with Crippen molar-refractivity contribution >= 4 is 11.9 Å². The lowest BCUT2D eigenvalue weighted by molar-refractivity contribution is -0.162. The summed E-state index contributed by atoms with van der Waals surface area (Å²) in [6, 6.07) is 0. The zero-order chi connectivity index (χ0) is 15.0. The second-order valence-electron chi connectivity index (χ2n) is 5.62. The van der Waals surface area contributed by atoms with Gasteiger partial charge in [0.05, 0.1) is 0 Å². The van der Waals surface area contributed by atoms with Crippen molar-refractivity contribution < 1.29 is 19.8 Å². The Morgan fingerprint density at radius 2 is 1.95 bits per heavy atom. The first-order valence-corrected chi connectivity index (χ1v) is 7.73. The first-order chi connectivity index (χ1) is 9.58. The molecule has 0 radical (unpaired) electrons. The number of aliphatic hydroxyl groups is 1. The topological polar surface area (TPSA) is 77.8 Å². The Balaban J connectivity index is 2.93. The van der Waals surface area contributed by atoms with Crippen molar-refractivity contribution in [3.8, 4) is 0 Å². The number of likely N-dealkylation sites (tertiary alicyclic amines) is 1. The van der Waals surface area contributed by atoms with Gasteiger partial charge in [-0.3, -0.25) is 4.79 Å². The van der Waals surface area contributed by atoms with E-state index in [-0.39, 0.29) is 12.5 Å². The molecule has 1 aliphatic rings. The minimum atomic E-state index is -1.12. The van der Waals surface area contributed by atoms with Gasteiger partial charge in [-0.15, -0.1) is 0 Å². The average molecular weight is 285 g/mol. The summed E-state index contributed by atoms with van der Waals surface area (Å²) in [6.07, 6.45) is 6.20. The third-order valence-electron chi connectivity index (χ3n) is 4.18. The SMILES string of the molecule is CCCCCC(CCCO)(C(=O)O)N1CCCCC1=O. The molecule has 1 fully saturated rings. The molecule has 116 valence electrons. The quantitative estimate of drug-likeness (QED) is 0.636. The maximum absolute atomic E-state index is 12.1. The highest BCUT2D eigenvalue weighted by molar-refractivity contribution is 5.87. The van der Waals surface area contributed by atoms with Crippen LogP contribution in [0.4, 0.5) is 0 Å². The Labute approximate surface area is 121 Å². The average Bonchev–Trinajstić information content (AvgIpc) is 2.43. The first kappa shape index (κ1) is 17.0. The molecular weight excluding hydrogens is 258 g/mol. The summed E-state index contributed by atoms with van der Waals surface area (Å²) in [5.41, 5.74) is -1.12. The lowest BCUT2D eigenvalue weighted by atomic mass is 9.84. The number of carboxylic acid groups (broad SMARTS) is 1. The van der Waals surface area contributed by atoms with Gasteiger partial charge in [0.25, 0.3) is 0 Å². The fourth-order valence-corrected chi connectivity index (χ4v) is 3.02. The Morgan fingerprint density at radius 3 is 2.50 bits per heavy atom. The Hall–Kier alpha value is -1.10. The first-order valence-electron chi connectivity index (χ1n) is 7.73. The van der Waals surface area contributed by atoms with Crippen molar-refractivity contribution in [1.29, 1.82) is 0 Å². The molecular formula is C15H27NO4. The minimum Gasteiger partial charge on any atom is -0.479 e. The van der Waals surface area contributed by atoms with Crippen LogP contribution in [0.15, 0.2) is 0 Å². The fourth-order valence-electron chi connectivity index (χ4n) is 3.02. The molecule has 1 unspecified atom stereocenters. The van der Waals surface area contributed by atoms with Gasteiger partial charge in [-0.05, 0) is 32.1 Å². The smallest absolute Gasteiger partial charge is 0.329 e. The van der Waals surface area contributed by atoms with E-state index in [1.165, 1.54) is 0 Å². The molecule has 1 amide bonds. The zero-order valence-corrected chi connectivity index (χ0v) is 12.4. The van der Waals surface area contributed by atoms with Crippen LogP contribution in [0, 0.1) is 0 Å². The summed E-state index contributed by atoms with van der Waals surface area (Å²) in [6.45, 7) is 2.57. The number of aliphatic hydroxyl groups excluding tert-OH is 1. The monoisotopic (exact) mass is 285 g/mol. The van der Waals surface area contributed by atoms with Crippen LogP contribution < -0.4 is 0 Å². The van der Waals surface area contributed by atoms with Crippen LogP contribution in [0.3, 0.4) is 0 Å². The number of unbranched alkanes of at least 4 members (excludes halogenated alkanes) is 2. The van der Waals surface area contributed by atoms with Gasteiger partial charge in [0, 0.05) is 19.6 Å². The molecule has 20 heavy (non-hydrogen) atoms. The number of amides is 1. The second-order valence-corrected chi connectivity index (χ2v) is 5.62. The van der Waals surface area contributed by atoms with Gasteiger partial charge in [0.15, 0.2) is 0 Å². The zero-order valence-electron chi connectivity index (χ0n) is 12.4. The summed E-state index contributed by atoms with van der Waals surface area (Å²) in [7, 11) is 0. The highest BCUT2D eigenvalue weighted by atomic mass is 16.4. The van der Waals surface area contributed by atoms with Gasteiger partial charge < -0.3 is 15.1 Å². The van der Waals surface area contributed by atoms with Crippen molar-refractivity contribution in [3.63, 3.8) is 0 Å². The van der Waals surface area contributed by atoms with E-state index in [0.717, 1.165) is 32.1 Å². The number of hydrogen-bond acceptors (Lipinski definition) is 3. The third kappa shape index (κ3) is 3.95. The fraction of sp³-hybridized carbons (Fsp3) is 0.867. The maximum Gasteiger partial charge on any atom is 0.329 e. The molecule has 1 atom stereocenters. The van der Waals surface area contributed by atoms with Crippen LogP contribution in [0.2, 0.25) is 0 Å². The number of piperidine rings is 1. The summed E-state index contributed by atoms with van der Waals surface area (Å²) in [5.74, 6) is -0.967. The normalized spacial score (nSPS) is 18.9. The van der Waals surface area contributed by atoms with Crippen LogP contribution >= 0.6 is 0 Å². The number of rotatable bonds is 9. The van der Waals surface area contributed by atoms with E-state index < -0.39 is 11.5 Å². The Morgan fingerprint density at radius 1 is 1.25 bits per heavy atom. The van der Waals surface area contributed by atoms with Crippen molar-refractivity contribution in [1.82, 2.24) is 4.90 Å². The van der Waals surface area contributed by atoms with E-state index in [4.69, 9.17) is 5.11 Å². The van der Waals surface area contributed by atoms with Crippen LogP contribution in [-0.4, -0.2) is 45.7 Å². The van der Waals surface area contributed by atoms with Gasteiger partial charge >= 0.3 is 5.97 Å². The van der Waals surface area contributed by atoms with E-state index in [2.05, 4.69) is 6.92 Å². The maximum atomic E-state index is 12.1. The molecule has 5 heteroatoms. The van der Waals surface area contributed by atoms with Crippen LogP contribution in [0.25, 0.3) is 0 Å². The van der Waals surface area contributed by atoms with Gasteiger partial charge in [0.1, 0.15) is 5.54 Å². The van der Waals surface area contributed by atoms with Crippen LogP contribution in [0.5, 0.6) is 0 Å². The summed E-state index contributed by atoms with van der Waals surface area (Å²) < 4.78 is 0. The van der Waals surface area contributed by atoms with Gasteiger partial charge in [-0.25, -0.2) is 4.79 Å². The lowest BCUT2D eigenvalue weighted by Crippen LogP contribution is -2.58. The second kappa shape index (κ2) is 8.25. The molecule has 0 aliphatic carbocycles. The molecule has 0 aromatic rings. The van der Waals surface area contributed by atoms with Gasteiger partial charge in [-0.1, -0.05) is 26.2 Å². The largest absolute Gasteiger partial charge is 0.479 e. The number of carboxylic acids is 1. The summed E-state index contributed by atoms with van der Waals surface area (Å²) in [4.78, 5) is 25.6. The minimum absolute atomic E-state index is 0.0369. The predicted molar refractivity (Wildman–Crippen MR) is 76.4 cm³/mol. The summed E-state index contributed by atoms with van der Waals surface area (Å²) >= 11 is 0. The molecule has 0 aromatic carbocycles. The number of aliphatic carboxylic acids is 1. The number of hydrogen-bond donors (Lipinski definition) is 2. The molecule has 5 nitrogen and oxygen atoms in total. The van der Waals surface area contributed by atoms with Crippen molar-refractivity contribution in [3.05, 3.63) is 0 Å². The number of nitrogens with zero attached hydrogens (tertiary/aromatic N) is 1. The van der Waals surface area contributed by atoms with Crippen LogP contribution in [0.1, 0.15) is 64.7 Å². The highest BCUT2D eigenvalue weighted by Gasteiger charge is 2.45. The molecule has 2 N–H and O–H groups in total. The standard InChI is InChI=1S/C15H27NO4/c1-2-3-5-9-15(14(19)20,10-7-12-17)16-11-6-4-8-13(16)18/h17H,2-12H2,1H3,(H,19,20). The lowest BCUT2D eigenvalue weighted by Gasteiger charge is -2.43. The Bertz CT molecular complexity index is 332. The molecule has 1 rings (SSSR count). The van der Waals surface area contributed by atoms with E-state index in [1.807, 2.05) is 0 Å². The highest BCUT2D eigenvalue weighted by Crippen LogP contribution is 2.32. The van der Waals surface area contributed by atoms with E-state index >= 15 is 0 Å². The van der Waals surface area contributed by atoms with Crippen molar-refractivity contribution in [2.24, 2.45) is 0 Å². The van der Waals surface area contributed by atoms with E-state index in [1.54, 1.807) is 4.90 Å². The van der Waals surface area contributed by atoms with Crippen LogP contribution in [-0.2, 0) is 9.59 Å². The number of carbonyl (C=O) groups excluding carboxylic acids is 1. The summed E-state index contributed by atoms with van der Waals surface area (Å²) in [5, 5.41) is 18.8. The van der Waals surface area contributed by atoms with Gasteiger partial charge in [-0.2, -0.15) is 0 Å². The molecule has 0 bridgehead atoms. The molecule has 0 aromatic heterocycles. The molecule has 1 heterocycles. The molecule has 0 saturated carbocycles. The Kier molecular flexibility index (Phi) is 6.99. The van der Waals surface area contributed by atoms with Crippen molar-refractivity contribution in [2.45, 2.75) is 70.3 Å². The van der Waals surface area contributed by atoms with Gasteiger partial charge in [0.2, 0.25) is 5.91 Å². The van der Waals surface area contributed by atoms with E-state index in [0.29, 0.717) is 32.2 Å². The molecule has 0 spiro atoms. The molecule has 1 saturated heterocycles. The third-order valence-corrected chi connectivity index (χ3v) is 4.18. The number of carbonyl (C=O) groups is 2. The molecule has 1 aliphatic heterocycles. The van der Waals surface area contributed by atoms with E-state index in [9.17, 15) is 14.7 Å². The van der Waals surface area contributed by atoms with Crippen molar-refractivity contribution in [2.75, 3.05) is 13.2 Å².